The van der Waals surface area contributed by atoms with Gasteiger partial charge < -0.3 is 20.8 Å². The van der Waals surface area contributed by atoms with Crippen molar-refractivity contribution in [3.63, 3.8) is 0 Å². The number of aromatic hydroxyl groups is 2. The zero-order valence-electron chi connectivity index (χ0n) is 11.8. The van der Waals surface area contributed by atoms with Gasteiger partial charge in [0.1, 0.15) is 11.5 Å². The van der Waals surface area contributed by atoms with Gasteiger partial charge in [-0.2, -0.15) is 0 Å². The number of phenols is 2. The van der Waals surface area contributed by atoms with Crippen molar-refractivity contribution < 1.29 is 15.0 Å². The molecule has 1 aromatic carbocycles. The van der Waals surface area contributed by atoms with Crippen LogP contribution in [0.5, 0.6) is 11.5 Å². The van der Waals surface area contributed by atoms with Crippen molar-refractivity contribution in [3.05, 3.63) is 23.8 Å². The van der Waals surface area contributed by atoms with Crippen molar-refractivity contribution in [3.8, 4) is 11.5 Å². The van der Waals surface area contributed by atoms with E-state index in [-0.39, 0.29) is 29.0 Å². The first-order valence-corrected chi connectivity index (χ1v) is 7.15. The van der Waals surface area contributed by atoms with Crippen molar-refractivity contribution in [2.75, 3.05) is 26.2 Å². The Kier molecular flexibility index (Phi) is 4.64. The standard InChI is InChI=1S/C14H19N3O3S/c1-9(13(15)21)16-4-6-17(7-5-16)14(20)11-3-2-10(18)8-12(11)19/h2-3,8-9,18-19H,4-7H2,1H3,(H2,15,21). The lowest BCUT2D eigenvalue weighted by molar-refractivity contribution is 0.0619. The second kappa shape index (κ2) is 6.28. The number of hydrogen-bond acceptors (Lipinski definition) is 5. The van der Waals surface area contributed by atoms with Gasteiger partial charge >= 0.3 is 0 Å². The summed E-state index contributed by atoms with van der Waals surface area (Å²) in [6, 6.07) is 3.99. The molecule has 1 aromatic rings. The van der Waals surface area contributed by atoms with E-state index in [9.17, 15) is 15.0 Å². The molecule has 0 spiro atoms. The summed E-state index contributed by atoms with van der Waals surface area (Å²) in [6.45, 7) is 4.41. The first-order valence-electron chi connectivity index (χ1n) is 6.74. The van der Waals surface area contributed by atoms with Gasteiger partial charge in [-0.15, -0.1) is 0 Å². The molecule has 4 N–H and O–H groups in total. The van der Waals surface area contributed by atoms with Gasteiger partial charge in [0.05, 0.1) is 16.6 Å². The third-order valence-electron chi connectivity index (χ3n) is 3.77. The van der Waals surface area contributed by atoms with E-state index in [1.54, 1.807) is 4.90 Å². The fourth-order valence-corrected chi connectivity index (χ4v) is 2.51. The molecule has 0 aromatic heterocycles. The Hall–Kier alpha value is -1.86. The maximum Gasteiger partial charge on any atom is 0.257 e. The molecule has 0 aliphatic carbocycles. The van der Waals surface area contributed by atoms with E-state index in [4.69, 9.17) is 18.0 Å². The minimum atomic E-state index is -0.241. The second-order valence-corrected chi connectivity index (χ2v) is 5.58. The molecule has 1 unspecified atom stereocenters. The third-order valence-corrected chi connectivity index (χ3v) is 4.11. The fraction of sp³-hybridized carbons (Fsp3) is 0.429. The van der Waals surface area contributed by atoms with Crippen LogP contribution in [0.25, 0.3) is 0 Å². The summed E-state index contributed by atoms with van der Waals surface area (Å²) >= 11 is 4.98. The fourth-order valence-electron chi connectivity index (χ4n) is 2.36. The Labute approximate surface area is 128 Å². The Morgan fingerprint density at radius 3 is 2.43 bits per heavy atom. The van der Waals surface area contributed by atoms with E-state index < -0.39 is 0 Å². The number of hydrogen-bond donors (Lipinski definition) is 3. The quantitative estimate of drug-likeness (QED) is 0.706. The molecule has 114 valence electrons. The summed E-state index contributed by atoms with van der Waals surface area (Å²) in [5.74, 6) is -0.520. The van der Waals surface area contributed by atoms with E-state index in [1.807, 2.05) is 6.92 Å². The molecule has 0 saturated carbocycles. The predicted molar refractivity (Wildman–Crippen MR) is 83.5 cm³/mol. The Morgan fingerprint density at radius 2 is 1.90 bits per heavy atom. The van der Waals surface area contributed by atoms with Gasteiger partial charge in [0.15, 0.2) is 0 Å². The second-order valence-electron chi connectivity index (χ2n) is 5.11. The third kappa shape index (κ3) is 3.43. The summed E-state index contributed by atoms with van der Waals surface area (Å²) in [5, 5.41) is 19.0. The maximum absolute atomic E-state index is 12.4. The lowest BCUT2D eigenvalue weighted by Gasteiger charge is -2.37. The highest BCUT2D eigenvalue weighted by molar-refractivity contribution is 7.80. The monoisotopic (exact) mass is 309 g/mol. The highest BCUT2D eigenvalue weighted by Crippen LogP contribution is 2.24. The number of nitrogens with zero attached hydrogens (tertiary/aromatic N) is 2. The zero-order valence-corrected chi connectivity index (χ0v) is 12.6. The molecule has 0 bridgehead atoms. The van der Waals surface area contributed by atoms with Crippen LogP contribution in [0.3, 0.4) is 0 Å². The number of carbonyl (C=O) groups excluding carboxylic acids is 1. The van der Waals surface area contributed by atoms with Gasteiger partial charge in [-0.25, -0.2) is 0 Å². The van der Waals surface area contributed by atoms with E-state index in [1.165, 1.54) is 18.2 Å². The Balaban J connectivity index is 2.02. The van der Waals surface area contributed by atoms with Crippen LogP contribution in [0.4, 0.5) is 0 Å². The lowest BCUT2D eigenvalue weighted by atomic mass is 10.1. The highest BCUT2D eigenvalue weighted by atomic mass is 32.1. The lowest BCUT2D eigenvalue weighted by Crippen LogP contribution is -2.53. The molecule has 1 aliphatic heterocycles. The molecule has 1 fully saturated rings. The molecule has 21 heavy (non-hydrogen) atoms. The molecule has 1 atom stereocenters. The Bertz CT molecular complexity index is 556. The van der Waals surface area contributed by atoms with Crippen molar-refractivity contribution in [1.82, 2.24) is 9.80 Å². The number of piperazine rings is 1. The molecule has 1 amide bonds. The maximum atomic E-state index is 12.4. The SMILES string of the molecule is CC(C(N)=S)N1CCN(C(=O)c2ccc(O)cc2O)CC1. The molecule has 1 heterocycles. The number of rotatable bonds is 3. The zero-order chi connectivity index (χ0) is 15.6. The van der Waals surface area contributed by atoms with Crippen molar-refractivity contribution in [2.24, 2.45) is 5.73 Å². The van der Waals surface area contributed by atoms with E-state index in [2.05, 4.69) is 4.90 Å². The summed E-state index contributed by atoms with van der Waals surface area (Å²) in [5.41, 5.74) is 5.84. The molecule has 1 saturated heterocycles. The number of phenolic OH excluding ortho intramolecular Hbond substituents is 2. The average molecular weight is 309 g/mol. The molecule has 1 aliphatic rings. The molecule has 0 radical (unpaired) electrons. The van der Waals surface area contributed by atoms with Gasteiger partial charge in [0.2, 0.25) is 0 Å². The van der Waals surface area contributed by atoms with E-state index in [0.29, 0.717) is 31.2 Å². The van der Waals surface area contributed by atoms with Gasteiger partial charge in [0, 0.05) is 32.2 Å². The topological polar surface area (TPSA) is 90.0 Å². The largest absolute Gasteiger partial charge is 0.508 e. The van der Waals surface area contributed by atoms with Crippen molar-refractivity contribution in [2.45, 2.75) is 13.0 Å². The number of benzene rings is 1. The van der Waals surface area contributed by atoms with Crippen molar-refractivity contribution >= 4 is 23.1 Å². The van der Waals surface area contributed by atoms with Gasteiger partial charge in [-0.3, -0.25) is 9.69 Å². The molecule has 7 heteroatoms. The summed E-state index contributed by atoms with van der Waals surface area (Å²) in [4.78, 5) is 16.6. The first kappa shape index (κ1) is 15.5. The van der Waals surface area contributed by atoms with Gasteiger partial charge in [-0.1, -0.05) is 12.2 Å². The number of carbonyl (C=O) groups is 1. The van der Waals surface area contributed by atoms with Crippen LogP contribution in [0.15, 0.2) is 18.2 Å². The minimum absolute atomic E-state index is 0.0133. The van der Waals surface area contributed by atoms with Crippen LogP contribution in [-0.2, 0) is 0 Å². The summed E-state index contributed by atoms with van der Waals surface area (Å²) in [7, 11) is 0. The number of amides is 1. The predicted octanol–water partition coefficient (Wildman–Crippen LogP) is 0.530. The highest BCUT2D eigenvalue weighted by Gasteiger charge is 2.26. The average Bonchev–Trinajstić information content (AvgIpc) is 2.46. The molecule has 6 nitrogen and oxygen atoms in total. The van der Waals surface area contributed by atoms with Gasteiger partial charge in [-0.05, 0) is 19.1 Å². The smallest absolute Gasteiger partial charge is 0.257 e. The summed E-state index contributed by atoms with van der Waals surface area (Å²) < 4.78 is 0. The van der Waals surface area contributed by atoms with Gasteiger partial charge in [0.25, 0.3) is 5.91 Å². The normalized spacial score (nSPS) is 17.5. The Morgan fingerprint density at radius 1 is 1.29 bits per heavy atom. The minimum Gasteiger partial charge on any atom is -0.508 e. The van der Waals surface area contributed by atoms with Crippen LogP contribution in [-0.4, -0.2) is 63.1 Å². The van der Waals surface area contributed by atoms with Crippen molar-refractivity contribution in [1.29, 1.82) is 0 Å². The van der Waals surface area contributed by atoms with E-state index >= 15 is 0 Å². The number of nitrogens with two attached hydrogens (primary N) is 1. The van der Waals surface area contributed by atoms with Crippen LogP contribution < -0.4 is 5.73 Å². The molecule has 2 rings (SSSR count). The summed E-state index contributed by atoms with van der Waals surface area (Å²) in [6.07, 6.45) is 0. The van der Waals surface area contributed by atoms with Crippen LogP contribution in [0.1, 0.15) is 17.3 Å². The van der Waals surface area contributed by atoms with E-state index in [0.717, 1.165) is 0 Å². The van der Waals surface area contributed by atoms with Crippen LogP contribution in [0.2, 0.25) is 0 Å². The molecular formula is C14H19N3O3S. The van der Waals surface area contributed by atoms with Crippen LogP contribution in [0, 0.1) is 0 Å². The van der Waals surface area contributed by atoms with Crippen LogP contribution >= 0.6 is 12.2 Å². The first-order chi connectivity index (χ1) is 9.90. The number of thiocarbonyl (C=S) groups is 1. The molecular weight excluding hydrogens is 290 g/mol.